The van der Waals surface area contributed by atoms with E-state index in [4.69, 9.17) is 5.73 Å². The Balaban J connectivity index is 0.000000561. The van der Waals surface area contributed by atoms with E-state index in [1.165, 1.54) is 11.1 Å². The second-order valence-corrected chi connectivity index (χ2v) is 2.38. The molecule has 0 spiro atoms. The maximum absolute atomic E-state index is 5.47. The van der Waals surface area contributed by atoms with Crippen molar-refractivity contribution in [1.82, 2.24) is 0 Å². The van der Waals surface area contributed by atoms with E-state index in [-0.39, 0.29) is 0 Å². The first-order valence-corrected chi connectivity index (χ1v) is 4.64. The Bertz CT molecular complexity index is 187. The molecule has 1 aromatic rings. The zero-order valence-corrected chi connectivity index (χ0v) is 8.30. The van der Waals surface area contributed by atoms with Gasteiger partial charge in [-0.2, -0.15) is 0 Å². The minimum absolute atomic E-state index is 0.647. The summed E-state index contributed by atoms with van der Waals surface area (Å²) in [6.45, 7) is 6.80. The third kappa shape index (κ3) is 3.54. The van der Waals surface area contributed by atoms with Gasteiger partial charge in [-0.3, -0.25) is 0 Å². The van der Waals surface area contributed by atoms with Crippen molar-refractivity contribution < 1.29 is 0 Å². The molecule has 0 aromatic heterocycles. The fourth-order valence-corrected chi connectivity index (χ4v) is 0.977. The third-order valence-electron chi connectivity index (χ3n) is 1.64. The fraction of sp³-hybridized carbons (Fsp3) is 0.455. The van der Waals surface area contributed by atoms with Crippen molar-refractivity contribution >= 4 is 0 Å². The van der Waals surface area contributed by atoms with Crippen molar-refractivity contribution in [2.75, 3.05) is 0 Å². The topological polar surface area (TPSA) is 26.0 Å². The van der Waals surface area contributed by atoms with Gasteiger partial charge in [0, 0.05) is 6.54 Å². The SMILES string of the molecule is CC.CCc1cccc(CN)c1. The van der Waals surface area contributed by atoms with E-state index in [1.807, 2.05) is 13.8 Å². The van der Waals surface area contributed by atoms with Crippen LogP contribution in [0.4, 0.5) is 0 Å². The molecule has 1 nitrogen and oxygen atoms in total. The van der Waals surface area contributed by atoms with Gasteiger partial charge in [-0.1, -0.05) is 45.0 Å². The lowest BCUT2D eigenvalue weighted by Crippen LogP contribution is -1.96. The summed E-state index contributed by atoms with van der Waals surface area (Å²) in [5.41, 5.74) is 8.06. The lowest BCUT2D eigenvalue weighted by Gasteiger charge is -1.98. The highest BCUT2D eigenvalue weighted by molar-refractivity contribution is 5.22. The monoisotopic (exact) mass is 165 g/mol. The molecular formula is C11H19N. The smallest absolute Gasteiger partial charge is 0.0178 e. The largest absolute Gasteiger partial charge is 0.326 e. The van der Waals surface area contributed by atoms with Crippen LogP contribution in [-0.2, 0) is 13.0 Å². The maximum atomic E-state index is 5.47. The highest BCUT2D eigenvalue weighted by Gasteiger charge is 1.89. The summed E-state index contributed by atoms with van der Waals surface area (Å²) in [4.78, 5) is 0. The van der Waals surface area contributed by atoms with E-state index in [1.54, 1.807) is 0 Å². The van der Waals surface area contributed by atoms with Gasteiger partial charge in [0.2, 0.25) is 0 Å². The van der Waals surface area contributed by atoms with Crippen LogP contribution < -0.4 is 5.73 Å². The molecule has 0 bridgehead atoms. The molecule has 1 aromatic carbocycles. The molecule has 1 rings (SSSR count). The van der Waals surface area contributed by atoms with Gasteiger partial charge in [0.1, 0.15) is 0 Å². The van der Waals surface area contributed by atoms with Gasteiger partial charge in [0.15, 0.2) is 0 Å². The van der Waals surface area contributed by atoms with Crippen LogP contribution >= 0.6 is 0 Å². The van der Waals surface area contributed by atoms with Crippen molar-refractivity contribution in [3.63, 3.8) is 0 Å². The molecule has 12 heavy (non-hydrogen) atoms. The minimum Gasteiger partial charge on any atom is -0.326 e. The normalized spacial score (nSPS) is 8.67. The summed E-state index contributed by atoms with van der Waals surface area (Å²) in [5, 5.41) is 0. The Morgan fingerprint density at radius 3 is 2.25 bits per heavy atom. The van der Waals surface area contributed by atoms with E-state index in [0.717, 1.165) is 6.42 Å². The Hall–Kier alpha value is -0.820. The predicted molar refractivity (Wildman–Crippen MR) is 55.1 cm³/mol. The van der Waals surface area contributed by atoms with Crippen molar-refractivity contribution in [2.24, 2.45) is 5.73 Å². The summed E-state index contributed by atoms with van der Waals surface area (Å²) in [6, 6.07) is 8.39. The maximum Gasteiger partial charge on any atom is 0.0178 e. The van der Waals surface area contributed by atoms with Crippen LogP contribution in [0, 0.1) is 0 Å². The highest BCUT2D eigenvalue weighted by Crippen LogP contribution is 2.04. The molecule has 0 unspecified atom stereocenters. The van der Waals surface area contributed by atoms with Gasteiger partial charge in [0.25, 0.3) is 0 Å². The second-order valence-electron chi connectivity index (χ2n) is 2.38. The van der Waals surface area contributed by atoms with Crippen molar-refractivity contribution in [3.8, 4) is 0 Å². The average molecular weight is 165 g/mol. The van der Waals surface area contributed by atoms with Crippen molar-refractivity contribution in [3.05, 3.63) is 35.4 Å². The van der Waals surface area contributed by atoms with Gasteiger partial charge < -0.3 is 5.73 Å². The first-order valence-electron chi connectivity index (χ1n) is 4.64. The van der Waals surface area contributed by atoms with Crippen LogP contribution in [0.25, 0.3) is 0 Å². The van der Waals surface area contributed by atoms with E-state index in [9.17, 15) is 0 Å². The molecule has 0 aliphatic carbocycles. The van der Waals surface area contributed by atoms with Crippen LogP contribution in [0.2, 0.25) is 0 Å². The second kappa shape index (κ2) is 6.86. The van der Waals surface area contributed by atoms with E-state index >= 15 is 0 Å². The number of hydrogen-bond acceptors (Lipinski definition) is 1. The van der Waals surface area contributed by atoms with Gasteiger partial charge in [0.05, 0.1) is 0 Å². The van der Waals surface area contributed by atoms with Crippen LogP contribution in [0.15, 0.2) is 24.3 Å². The van der Waals surface area contributed by atoms with E-state index in [0.29, 0.717) is 6.54 Å². The van der Waals surface area contributed by atoms with Gasteiger partial charge >= 0.3 is 0 Å². The quantitative estimate of drug-likeness (QED) is 0.716. The molecule has 68 valence electrons. The summed E-state index contributed by atoms with van der Waals surface area (Å²) >= 11 is 0. The molecule has 0 heterocycles. The lowest BCUT2D eigenvalue weighted by molar-refractivity contribution is 1.05. The van der Waals surface area contributed by atoms with E-state index < -0.39 is 0 Å². The molecule has 0 aliphatic heterocycles. The van der Waals surface area contributed by atoms with Crippen LogP contribution in [-0.4, -0.2) is 0 Å². The van der Waals surface area contributed by atoms with Gasteiger partial charge in [-0.15, -0.1) is 0 Å². The molecule has 0 fully saturated rings. The van der Waals surface area contributed by atoms with E-state index in [2.05, 4.69) is 31.2 Å². The van der Waals surface area contributed by atoms with Crippen LogP contribution in [0.1, 0.15) is 31.9 Å². The summed E-state index contributed by atoms with van der Waals surface area (Å²) in [5.74, 6) is 0. The number of rotatable bonds is 2. The molecule has 1 heteroatoms. The Kier molecular flexibility index (Phi) is 6.39. The number of nitrogens with two attached hydrogens (primary N) is 1. The van der Waals surface area contributed by atoms with Crippen LogP contribution in [0.3, 0.4) is 0 Å². The number of aryl methyl sites for hydroxylation is 1. The molecule has 0 saturated carbocycles. The molecule has 2 N–H and O–H groups in total. The summed E-state index contributed by atoms with van der Waals surface area (Å²) < 4.78 is 0. The fourth-order valence-electron chi connectivity index (χ4n) is 0.977. The Labute approximate surface area is 75.6 Å². The minimum atomic E-state index is 0.647. The Morgan fingerprint density at radius 2 is 1.75 bits per heavy atom. The zero-order valence-electron chi connectivity index (χ0n) is 8.30. The third-order valence-corrected chi connectivity index (χ3v) is 1.64. The average Bonchev–Trinajstić information content (AvgIpc) is 2.21. The molecule has 0 amide bonds. The van der Waals surface area contributed by atoms with Crippen molar-refractivity contribution in [1.29, 1.82) is 0 Å². The van der Waals surface area contributed by atoms with Gasteiger partial charge in [-0.25, -0.2) is 0 Å². The van der Waals surface area contributed by atoms with Gasteiger partial charge in [-0.05, 0) is 17.5 Å². The molecule has 0 atom stereocenters. The lowest BCUT2D eigenvalue weighted by atomic mass is 10.1. The highest BCUT2D eigenvalue weighted by atomic mass is 14.5. The first-order chi connectivity index (χ1) is 5.86. The molecule has 0 saturated heterocycles. The predicted octanol–water partition coefficient (Wildman–Crippen LogP) is 2.73. The zero-order chi connectivity index (χ0) is 9.40. The molecular weight excluding hydrogens is 146 g/mol. The summed E-state index contributed by atoms with van der Waals surface area (Å²) in [6.07, 6.45) is 1.09. The first kappa shape index (κ1) is 11.2. The van der Waals surface area contributed by atoms with Crippen LogP contribution in [0.5, 0.6) is 0 Å². The van der Waals surface area contributed by atoms with Crippen molar-refractivity contribution in [2.45, 2.75) is 33.7 Å². The molecule has 0 radical (unpaired) electrons. The number of hydrogen-bond donors (Lipinski definition) is 1. The molecule has 0 aliphatic rings. The summed E-state index contributed by atoms with van der Waals surface area (Å²) in [7, 11) is 0. The standard InChI is InChI=1S/C9H13N.C2H6/c1-2-8-4-3-5-9(6-8)7-10;1-2/h3-6H,2,7,10H2,1H3;1-2H3. The Morgan fingerprint density at radius 1 is 1.17 bits per heavy atom. The number of benzene rings is 1.